The highest BCUT2D eigenvalue weighted by Gasteiger charge is 2.36. The van der Waals surface area contributed by atoms with Crippen LogP contribution >= 0.6 is 0 Å². The van der Waals surface area contributed by atoms with E-state index in [2.05, 4.69) is 0 Å². The molecule has 0 aliphatic carbocycles. The first kappa shape index (κ1) is 15.4. The highest BCUT2D eigenvalue weighted by molar-refractivity contribution is 6.00. The van der Waals surface area contributed by atoms with Gasteiger partial charge in [0.1, 0.15) is 17.7 Å². The normalized spacial score (nSPS) is 19.3. The van der Waals surface area contributed by atoms with E-state index in [1.165, 1.54) is 15.9 Å². The smallest absolute Gasteiger partial charge is 0.249 e. The summed E-state index contributed by atoms with van der Waals surface area (Å²) in [5, 5.41) is 0. The molecule has 0 unspecified atom stereocenters. The molecule has 0 bridgehead atoms. The van der Waals surface area contributed by atoms with Crippen LogP contribution < -0.4 is 4.90 Å². The number of hydrogen-bond donors (Lipinski definition) is 0. The number of benzene rings is 1. The highest BCUT2D eigenvalue weighted by atomic mass is 19.1. The van der Waals surface area contributed by atoms with E-state index in [-0.39, 0.29) is 30.0 Å². The first-order valence-electron chi connectivity index (χ1n) is 6.90. The van der Waals surface area contributed by atoms with E-state index in [1.54, 1.807) is 20.8 Å². The van der Waals surface area contributed by atoms with Crippen LogP contribution in [0.3, 0.4) is 0 Å². The summed E-state index contributed by atoms with van der Waals surface area (Å²) in [5.74, 6) is -2.13. The van der Waals surface area contributed by atoms with Crippen molar-refractivity contribution in [3.8, 4) is 0 Å². The van der Waals surface area contributed by atoms with Gasteiger partial charge in [-0.25, -0.2) is 8.78 Å². The summed E-state index contributed by atoms with van der Waals surface area (Å²) in [6, 6.07) is 2.45. The lowest BCUT2D eigenvalue weighted by molar-refractivity contribution is -0.143. The van der Waals surface area contributed by atoms with Gasteiger partial charge < -0.3 is 9.80 Å². The van der Waals surface area contributed by atoms with E-state index < -0.39 is 17.7 Å². The molecule has 21 heavy (non-hydrogen) atoms. The van der Waals surface area contributed by atoms with E-state index in [0.717, 1.165) is 12.1 Å². The van der Waals surface area contributed by atoms with Gasteiger partial charge in [-0.15, -0.1) is 0 Å². The van der Waals surface area contributed by atoms with Crippen molar-refractivity contribution < 1.29 is 18.4 Å². The zero-order valence-electron chi connectivity index (χ0n) is 12.3. The van der Waals surface area contributed by atoms with Gasteiger partial charge in [-0.05, 0) is 19.1 Å². The molecule has 0 N–H and O–H groups in total. The summed E-state index contributed by atoms with van der Waals surface area (Å²) in [6.45, 7) is 5.69. The molecule has 2 rings (SSSR count). The molecule has 1 aliphatic rings. The molecule has 1 fully saturated rings. The quantitative estimate of drug-likeness (QED) is 0.839. The third-order valence-electron chi connectivity index (χ3n) is 3.63. The van der Waals surface area contributed by atoms with Crippen LogP contribution in [0.2, 0.25) is 0 Å². The number of hydrogen-bond acceptors (Lipinski definition) is 2. The summed E-state index contributed by atoms with van der Waals surface area (Å²) in [7, 11) is 0. The monoisotopic (exact) mass is 296 g/mol. The fourth-order valence-corrected chi connectivity index (χ4v) is 2.44. The molecule has 6 heteroatoms. The zero-order valence-corrected chi connectivity index (χ0v) is 12.3. The maximum absolute atomic E-state index is 13.8. The van der Waals surface area contributed by atoms with Crippen molar-refractivity contribution in [2.75, 3.05) is 18.0 Å². The van der Waals surface area contributed by atoms with Crippen LogP contribution in [-0.2, 0) is 9.59 Å². The molecule has 114 valence electrons. The minimum absolute atomic E-state index is 0.0462. The van der Waals surface area contributed by atoms with Gasteiger partial charge in [0.25, 0.3) is 0 Å². The van der Waals surface area contributed by atoms with Crippen LogP contribution in [0.25, 0.3) is 0 Å². The number of carbonyl (C=O) groups excluding carboxylic acids is 2. The van der Waals surface area contributed by atoms with Gasteiger partial charge >= 0.3 is 0 Å². The molecule has 0 saturated carbocycles. The summed E-state index contributed by atoms with van der Waals surface area (Å²) in [4.78, 5) is 27.2. The molecule has 2 amide bonds. The first-order chi connectivity index (χ1) is 9.82. The lowest BCUT2D eigenvalue weighted by atomic mass is 10.1. The van der Waals surface area contributed by atoms with Gasteiger partial charge in [-0.2, -0.15) is 0 Å². The topological polar surface area (TPSA) is 40.6 Å². The van der Waals surface area contributed by atoms with Gasteiger partial charge in [0.15, 0.2) is 0 Å². The van der Waals surface area contributed by atoms with Crippen molar-refractivity contribution in [3.05, 3.63) is 29.8 Å². The molecule has 0 aromatic heterocycles. The van der Waals surface area contributed by atoms with Crippen LogP contribution in [-0.4, -0.2) is 35.8 Å². The SMILES string of the molecule is CC(C)C(=O)N1CCN(c2ccc(F)cc2F)C(=O)[C@@H]1C. The van der Waals surface area contributed by atoms with Crippen LogP contribution in [0.5, 0.6) is 0 Å². The third-order valence-corrected chi connectivity index (χ3v) is 3.63. The van der Waals surface area contributed by atoms with Gasteiger partial charge in [-0.3, -0.25) is 9.59 Å². The Morgan fingerprint density at radius 2 is 1.95 bits per heavy atom. The summed E-state index contributed by atoms with van der Waals surface area (Å²) in [5.41, 5.74) is 0.0462. The second-order valence-electron chi connectivity index (χ2n) is 5.45. The average Bonchev–Trinajstić information content (AvgIpc) is 2.42. The predicted octanol–water partition coefficient (Wildman–Crippen LogP) is 2.18. The fraction of sp³-hybridized carbons (Fsp3) is 0.467. The van der Waals surface area contributed by atoms with Gasteiger partial charge in [0, 0.05) is 25.1 Å². The van der Waals surface area contributed by atoms with Crippen LogP contribution in [0, 0.1) is 17.6 Å². The summed E-state index contributed by atoms with van der Waals surface area (Å²) >= 11 is 0. The van der Waals surface area contributed by atoms with Crippen LogP contribution in [0.15, 0.2) is 18.2 Å². The van der Waals surface area contributed by atoms with Crippen molar-refractivity contribution in [1.82, 2.24) is 4.90 Å². The van der Waals surface area contributed by atoms with E-state index in [9.17, 15) is 18.4 Å². The number of amides is 2. The summed E-state index contributed by atoms with van der Waals surface area (Å²) in [6.07, 6.45) is 0. The molecule has 1 aromatic carbocycles. The molecule has 0 spiro atoms. The Hall–Kier alpha value is -1.98. The molecule has 4 nitrogen and oxygen atoms in total. The van der Waals surface area contributed by atoms with E-state index in [1.807, 2.05) is 0 Å². The van der Waals surface area contributed by atoms with Gasteiger partial charge in [0.2, 0.25) is 11.8 Å². The number of nitrogens with zero attached hydrogens (tertiary/aromatic N) is 2. The Kier molecular flexibility index (Phi) is 4.25. The lowest BCUT2D eigenvalue weighted by Gasteiger charge is -2.39. The highest BCUT2D eigenvalue weighted by Crippen LogP contribution is 2.24. The second-order valence-corrected chi connectivity index (χ2v) is 5.45. The van der Waals surface area contributed by atoms with Crippen LogP contribution in [0.4, 0.5) is 14.5 Å². The Labute approximate surface area is 122 Å². The Balaban J connectivity index is 2.23. The number of rotatable bonds is 2. The first-order valence-corrected chi connectivity index (χ1v) is 6.90. The Morgan fingerprint density at radius 3 is 2.52 bits per heavy atom. The van der Waals surface area contributed by atoms with Crippen molar-refractivity contribution in [3.63, 3.8) is 0 Å². The number of halogens is 2. The third kappa shape index (κ3) is 2.89. The minimum atomic E-state index is -0.779. The Bertz CT molecular complexity index is 575. The largest absolute Gasteiger partial charge is 0.329 e. The number of carbonyl (C=O) groups is 2. The number of piperazine rings is 1. The van der Waals surface area contributed by atoms with E-state index >= 15 is 0 Å². The van der Waals surface area contributed by atoms with E-state index in [0.29, 0.717) is 6.54 Å². The van der Waals surface area contributed by atoms with E-state index in [4.69, 9.17) is 0 Å². The van der Waals surface area contributed by atoms with Gasteiger partial charge in [-0.1, -0.05) is 13.8 Å². The standard InChI is InChI=1S/C15H18F2N2O2/c1-9(2)14(20)18-6-7-19(15(21)10(18)3)13-5-4-11(16)8-12(13)17/h4-5,8-10H,6-7H2,1-3H3/t10-/m0/s1. The molecule has 1 saturated heterocycles. The molecular weight excluding hydrogens is 278 g/mol. The summed E-state index contributed by atoms with van der Waals surface area (Å²) < 4.78 is 26.8. The lowest BCUT2D eigenvalue weighted by Crippen LogP contribution is -2.58. The van der Waals surface area contributed by atoms with Crippen molar-refractivity contribution in [2.45, 2.75) is 26.8 Å². The predicted molar refractivity (Wildman–Crippen MR) is 74.7 cm³/mol. The van der Waals surface area contributed by atoms with Crippen molar-refractivity contribution in [1.29, 1.82) is 0 Å². The molecule has 1 atom stereocenters. The second kappa shape index (κ2) is 5.79. The van der Waals surface area contributed by atoms with Gasteiger partial charge in [0.05, 0.1) is 5.69 Å². The molecule has 0 radical (unpaired) electrons. The van der Waals surface area contributed by atoms with Crippen molar-refractivity contribution >= 4 is 17.5 Å². The van der Waals surface area contributed by atoms with Crippen molar-refractivity contribution in [2.24, 2.45) is 5.92 Å². The minimum Gasteiger partial charge on any atom is -0.329 e. The molecular formula is C15H18F2N2O2. The maximum Gasteiger partial charge on any atom is 0.249 e. The molecule has 1 aliphatic heterocycles. The zero-order chi connectivity index (χ0) is 15.7. The average molecular weight is 296 g/mol. The number of anilines is 1. The Morgan fingerprint density at radius 1 is 1.29 bits per heavy atom. The molecule has 1 heterocycles. The maximum atomic E-state index is 13.8. The fourth-order valence-electron chi connectivity index (χ4n) is 2.44. The van der Waals surface area contributed by atoms with Crippen LogP contribution in [0.1, 0.15) is 20.8 Å². The molecule has 1 aromatic rings.